The second-order valence-electron chi connectivity index (χ2n) is 3.80. The lowest BCUT2D eigenvalue weighted by atomic mass is 9.89. The van der Waals surface area contributed by atoms with Crippen LogP contribution in [0.25, 0.3) is 0 Å². The normalized spacial score (nSPS) is 24.1. The second-order valence-corrected chi connectivity index (χ2v) is 3.80. The lowest BCUT2D eigenvalue weighted by Crippen LogP contribution is -2.35. The number of nitrogens with zero attached hydrogens (tertiary/aromatic N) is 1. The van der Waals surface area contributed by atoms with Crippen molar-refractivity contribution in [2.24, 2.45) is 10.7 Å². The summed E-state index contributed by atoms with van der Waals surface area (Å²) in [5, 5.41) is 0. The van der Waals surface area contributed by atoms with Gasteiger partial charge in [-0.2, -0.15) is 4.99 Å². The number of amidine groups is 1. The monoisotopic (exact) mass is 218 g/mol. The predicted molar refractivity (Wildman–Crippen MR) is 60.7 cm³/mol. The van der Waals surface area contributed by atoms with E-state index in [1.165, 1.54) is 0 Å². The Hall–Kier alpha value is -1.84. The lowest BCUT2D eigenvalue weighted by molar-refractivity contribution is -0.132. The number of hydrogen-bond donors (Lipinski definition) is 1. The van der Waals surface area contributed by atoms with E-state index in [9.17, 15) is 4.79 Å². The zero-order chi connectivity index (χ0) is 11.6. The van der Waals surface area contributed by atoms with Crippen molar-refractivity contribution in [1.29, 1.82) is 0 Å². The molecule has 1 aliphatic rings. The van der Waals surface area contributed by atoms with Crippen LogP contribution in [0.3, 0.4) is 0 Å². The molecular formula is C12H14N2O2. The summed E-state index contributed by atoms with van der Waals surface area (Å²) in [4.78, 5) is 15.6. The van der Waals surface area contributed by atoms with Crippen molar-refractivity contribution in [3.8, 4) is 0 Å². The van der Waals surface area contributed by atoms with Crippen molar-refractivity contribution in [2.45, 2.75) is 25.4 Å². The molecule has 1 atom stereocenters. The number of nitrogens with two attached hydrogens (primary N) is 1. The van der Waals surface area contributed by atoms with E-state index in [1.807, 2.05) is 37.3 Å². The van der Waals surface area contributed by atoms with Crippen LogP contribution in [0.2, 0.25) is 0 Å². The molecule has 2 rings (SSSR count). The molecule has 0 saturated heterocycles. The maximum Gasteiger partial charge on any atom is 0.299 e. The molecule has 0 aliphatic carbocycles. The minimum absolute atomic E-state index is 0.0395. The van der Waals surface area contributed by atoms with Crippen molar-refractivity contribution < 1.29 is 9.53 Å². The summed E-state index contributed by atoms with van der Waals surface area (Å²) in [6.07, 6.45) is 1.41. The SMILES string of the molecule is CCCC1(c2ccccc2)OC(N)=NC1=O. The van der Waals surface area contributed by atoms with Crippen LogP contribution in [0.1, 0.15) is 25.3 Å². The van der Waals surface area contributed by atoms with Gasteiger partial charge >= 0.3 is 0 Å². The van der Waals surface area contributed by atoms with E-state index in [4.69, 9.17) is 10.5 Å². The molecule has 1 unspecified atom stereocenters. The van der Waals surface area contributed by atoms with Crippen LogP contribution < -0.4 is 5.73 Å². The Kier molecular flexibility index (Phi) is 2.64. The number of hydrogen-bond acceptors (Lipinski definition) is 3. The highest BCUT2D eigenvalue weighted by Gasteiger charge is 2.46. The highest BCUT2D eigenvalue weighted by Crippen LogP contribution is 2.35. The first kappa shape index (κ1) is 10.7. The molecule has 16 heavy (non-hydrogen) atoms. The molecule has 0 aromatic heterocycles. The first-order chi connectivity index (χ1) is 7.69. The molecule has 1 heterocycles. The Morgan fingerprint density at radius 3 is 2.56 bits per heavy atom. The molecule has 0 bridgehead atoms. The summed E-state index contributed by atoms with van der Waals surface area (Å²) in [6, 6.07) is 9.33. The Morgan fingerprint density at radius 2 is 2.06 bits per heavy atom. The molecule has 1 aliphatic heterocycles. The van der Waals surface area contributed by atoms with Gasteiger partial charge < -0.3 is 10.5 Å². The van der Waals surface area contributed by atoms with E-state index in [0.717, 1.165) is 12.0 Å². The van der Waals surface area contributed by atoms with Gasteiger partial charge in [-0.05, 0) is 0 Å². The molecule has 0 saturated carbocycles. The van der Waals surface area contributed by atoms with E-state index in [2.05, 4.69) is 4.99 Å². The van der Waals surface area contributed by atoms with Gasteiger partial charge in [-0.3, -0.25) is 4.79 Å². The fourth-order valence-corrected chi connectivity index (χ4v) is 1.98. The van der Waals surface area contributed by atoms with Crippen molar-refractivity contribution in [1.82, 2.24) is 0 Å². The summed E-state index contributed by atoms with van der Waals surface area (Å²) in [5.74, 6) is -0.307. The summed E-state index contributed by atoms with van der Waals surface area (Å²) < 4.78 is 5.47. The molecule has 0 fully saturated rings. The van der Waals surface area contributed by atoms with E-state index < -0.39 is 5.60 Å². The van der Waals surface area contributed by atoms with Crippen LogP contribution in [-0.2, 0) is 15.1 Å². The largest absolute Gasteiger partial charge is 0.443 e. The predicted octanol–water partition coefficient (Wildman–Crippen LogP) is 1.55. The average Bonchev–Trinajstić information content (AvgIpc) is 2.57. The summed E-state index contributed by atoms with van der Waals surface area (Å²) in [5.41, 5.74) is 5.29. The fraction of sp³-hybridized carbons (Fsp3) is 0.333. The number of carbonyl (C=O) groups excluding carboxylic acids is 1. The number of aliphatic imine (C=N–C) groups is 1. The van der Waals surface area contributed by atoms with E-state index in [1.54, 1.807) is 0 Å². The molecule has 1 aromatic carbocycles. The molecule has 0 radical (unpaired) electrons. The van der Waals surface area contributed by atoms with Gasteiger partial charge in [-0.15, -0.1) is 0 Å². The Balaban J connectivity index is 2.42. The summed E-state index contributed by atoms with van der Waals surface area (Å²) in [6.45, 7) is 2.00. The zero-order valence-corrected chi connectivity index (χ0v) is 9.14. The standard InChI is InChI=1S/C12H14N2O2/c1-2-8-12(9-6-4-3-5-7-9)10(15)14-11(13)16-12/h3-7H,2,8H2,1H3,(H2,13,14,15). The van der Waals surface area contributed by atoms with Gasteiger partial charge in [0, 0.05) is 12.0 Å². The highest BCUT2D eigenvalue weighted by atomic mass is 16.5. The average molecular weight is 218 g/mol. The Morgan fingerprint density at radius 1 is 1.38 bits per heavy atom. The van der Waals surface area contributed by atoms with Gasteiger partial charge in [-0.1, -0.05) is 43.7 Å². The molecule has 0 spiro atoms. The molecule has 1 amide bonds. The number of benzene rings is 1. The maximum atomic E-state index is 11.9. The third-order valence-corrected chi connectivity index (χ3v) is 2.68. The Bertz CT molecular complexity index is 428. The van der Waals surface area contributed by atoms with Crippen molar-refractivity contribution in [3.63, 3.8) is 0 Å². The van der Waals surface area contributed by atoms with E-state index in [0.29, 0.717) is 6.42 Å². The highest BCUT2D eigenvalue weighted by molar-refractivity contribution is 6.01. The van der Waals surface area contributed by atoms with Crippen LogP contribution in [0.4, 0.5) is 0 Å². The van der Waals surface area contributed by atoms with Crippen molar-refractivity contribution >= 4 is 11.9 Å². The number of ether oxygens (including phenoxy) is 1. The topological polar surface area (TPSA) is 64.7 Å². The van der Waals surface area contributed by atoms with E-state index >= 15 is 0 Å². The van der Waals surface area contributed by atoms with Crippen LogP contribution >= 0.6 is 0 Å². The van der Waals surface area contributed by atoms with Gasteiger partial charge in [0.1, 0.15) is 0 Å². The zero-order valence-electron chi connectivity index (χ0n) is 9.14. The third kappa shape index (κ3) is 1.56. The molecule has 4 nitrogen and oxygen atoms in total. The molecule has 1 aromatic rings. The van der Waals surface area contributed by atoms with E-state index in [-0.39, 0.29) is 11.9 Å². The van der Waals surface area contributed by atoms with Gasteiger partial charge in [0.05, 0.1) is 0 Å². The van der Waals surface area contributed by atoms with Crippen LogP contribution in [-0.4, -0.2) is 11.9 Å². The summed E-state index contributed by atoms with van der Waals surface area (Å²) in [7, 11) is 0. The molecule has 2 N–H and O–H groups in total. The lowest BCUT2D eigenvalue weighted by Gasteiger charge is -2.25. The smallest absolute Gasteiger partial charge is 0.299 e. The van der Waals surface area contributed by atoms with Crippen LogP contribution in [0.5, 0.6) is 0 Å². The first-order valence-corrected chi connectivity index (χ1v) is 5.32. The van der Waals surface area contributed by atoms with Gasteiger partial charge in [0.15, 0.2) is 0 Å². The van der Waals surface area contributed by atoms with Gasteiger partial charge in [0.2, 0.25) is 5.60 Å². The Labute approximate surface area is 94.1 Å². The third-order valence-electron chi connectivity index (χ3n) is 2.68. The maximum absolute atomic E-state index is 11.9. The molecule has 4 heteroatoms. The number of rotatable bonds is 3. The van der Waals surface area contributed by atoms with Crippen molar-refractivity contribution in [2.75, 3.05) is 0 Å². The fourth-order valence-electron chi connectivity index (χ4n) is 1.98. The van der Waals surface area contributed by atoms with Crippen molar-refractivity contribution in [3.05, 3.63) is 35.9 Å². The molecule has 84 valence electrons. The summed E-state index contributed by atoms with van der Waals surface area (Å²) >= 11 is 0. The van der Waals surface area contributed by atoms with Crippen LogP contribution in [0.15, 0.2) is 35.3 Å². The number of amides is 1. The molecular weight excluding hydrogens is 204 g/mol. The quantitative estimate of drug-likeness (QED) is 0.837. The van der Waals surface area contributed by atoms with Gasteiger partial charge in [-0.25, -0.2) is 0 Å². The van der Waals surface area contributed by atoms with Crippen LogP contribution in [0, 0.1) is 0 Å². The van der Waals surface area contributed by atoms with Gasteiger partial charge in [0.25, 0.3) is 11.9 Å². The minimum Gasteiger partial charge on any atom is -0.443 e. The minimum atomic E-state index is -1.000. The number of carbonyl (C=O) groups is 1. The first-order valence-electron chi connectivity index (χ1n) is 5.32. The second kappa shape index (κ2) is 3.96.